The highest BCUT2D eigenvalue weighted by molar-refractivity contribution is 4.58. The lowest BCUT2D eigenvalue weighted by Gasteiger charge is -2.19. The Labute approximate surface area is 88.2 Å². The summed E-state index contributed by atoms with van der Waals surface area (Å²) in [6, 6.07) is 0. The summed E-state index contributed by atoms with van der Waals surface area (Å²) in [6.07, 6.45) is 2.06. The second-order valence-electron chi connectivity index (χ2n) is 4.38. The minimum atomic E-state index is -0.0217. The Morgan fingerprint density at radius 2 is 1.64 bits per heavy atom. The van der Waals surface area contributed by atoms with Crippen molar-refractivity contribution in [3.63, 3.8) is 0 Å². The molecule has 0 aliphatic carbocycles. The lowest BCUT2D eigenvalue weighted by Crippen LogP contribution is -2.20. The van der Waals surface area contributed by atoms with Crippen LogP contribution in [0.3, 0.4) is 0 Å². The van der Waals surface area contributed by atoms with Gasteiger partial charge in [-0.1, -0.05) is 0 Å². The van der Waals surface area contributed by atoms with Crippen molar-refractivity contribution in [2.24, 2.45) is 0 Å². The van der Waals surface area contributed by atoms with Gasteiger partial charge in [-0.05, 0) is 47.2 Å². The highest BCUT2D eigenvalue weighted by Crippen LogP contribution is 2.06. The average Bonchev–Trinajstić information content (AvgIpc) is 2.08. The van der Waals surface area contributed by atoms with Crippen LogP contribution in [0.2, 0.25) is 0 Å². The Balaban J connectivity index is 2.99. The molecule has 0 radical (unpaired) electrons. The second-order valence-corrected chi connectivity index (χ2v) is 4.38. The van der Waals surface area contributed by atoms with Crippen molar-refractivity contribution < 1.29 is 9.47 Å². The summed E-state index contributed by atoms with van der Waals surface area (Å²) < 4.78 is 11.0. The Hall–Kier alpha value is -0.120. The fourth-order valence-corrected chi connectivity index (χ4v) is 0.992. The van der Waals surface area contributed by atoms with Gasteiger partial charge in [-0.25, -0.2) is 0 Å². The first-order chi connectivity index (χ1) is 6.56. The Bertz CT molecular complexity index is 121. The maximum atomic E-state index is 5.56. The molecule has 0 spiro atoms. The molecule has 0 amide bonds. The van der Waals surface area contributed by atoms with Gasteiger partial charge in [-0.3, -0.25) is 0 Å². The molecule has 0 aromatic carbocycles. The highest BCUT2D eigenvalue weighted by atomic mass is 16.5. The minimum Gasteiger partial charge on any atom is -0.381 e. The van der Waals surface area contributed by atoms with Crippen LogP contribution in [-0.4, -0.2) is 39.0 Å². The van der Waals surface area contributed by atoms with Crippen LogP contribution in [-0.2, 0) is 9.47 Å². The molecule has 0 rings (SSSR count). The van der Waals surface area contributed by atoms with Crippen molar-refractivity contribution >= 4 is 0 Å². The molecule has 14 heavy (non-hydrogen) atoms. The lowest BCUT2D eigenvalue weighted by molar-refractivity contribution is -0.0139. The molecule has 0 aromatic rings. The predicted octanol–water partition coefficient (Wildman–Crippen LogP) is 1.82. The third-order valence-electron chi connectivity index (χ3n) is 1.68. The average molecular weight is 203 g/mol. The van der Waals surface area contributed by atoms with Crippen molar-refractivity contribution in [1.29, 1.82) is 0 Å². The molecular weight excluding hydrogens is 178 g/mol. The summed E-state index contributed by atoms with van der Waals surface area (Å²) in [4.78, 5) is 0. The summed E-state index contributed by atoms with van der Waals surface area (Å²) in [6.45, 7) is 9.67. The van der Waals surface area contributed by atoms with Gasteiger partial charge in [0.25, 0.3) is 0 Å². The summed E-state index contributed by atoms with van der Waals surface area (Å²) in [7, 11) is 1.96. The molecule has 3 heteroatoms. The summed E-state index contributed by atoms with van der Waals surface area (Å²) >= 11 is 0. The van der Waals surface area contributed by atoms with Crippen molar-refractivity contribution in [2.75, 3.05) is 33.4 Å². The molecule has 0 aromatic heterocycles. The summed E-state index contributed by atoms with van der Waals surface area (Å²) in [5.41, 5.74) is -0.0217. The van der Waals surface area contributed by atoms with Crippen molar-refractivity contribution in [3.8, 4) is 0 Å². The van der Waals surface area contributed by atoms with Crippen LogP contribution in [0.25, 0.3) is 0 Å². The van der Waals surface area contributed by atoms with Crippen LogP contribution >= 0.6 is 0 Å². The Kier molecular flexibility index (Phi) is 8.14. The molecular formula is C11H25NO2. The van der Waals surface area contributed by atoms with E-state index in [1.54, 1.807) is 0 Å². The molecule has 0 saturated heterocycles. The molecule has 0 fully saturated rings. The summed E-state index contributed by atoms with van der Waals surface area (Å²) in [5.74, 6) is 0. The molecule has 0 saturated carbocycles. The van der Waals surface area contributed by atoms with Crippen molar-refractivity contribution in [3.05, 3.63) is 0 Å². The third-order valence-corrected chi connectivity index (χ3v) is 1.68. The van der Waals surface area contributed by atoms with Gasteiger partial charge >= 0.3 is 0 Å². The first-order valence-electron chi connectivity index (χ1n) is 5.42. The van der Waals surface area contributed by atoms with Gasteiger partial charge < -0.3 is 14.8 Å². The quantitative estimate of drug-likeness (QED) is 0.610. The molecule has 86 valence electrons. The number of ether oxygens (including phenoxy) is 2. The van der Waals surface area contributed by atoms with Crippen LogP contribution in [0.5, 0.6) is 0 Å². The van der Waals surface area contributed by atoms with Gasteiger partial charge in [0.2, 0.25) is 0 Å². The number of hydrogen-bond acceptors (Lipinski definition) is 3. The smallest absolute Gasteiger partial charge is 0.0598 e. The first kappa shape index (κ1) is 13.9. The first-order valence-corrected chi connectivity index (χ1v) is 5.42. The fraction of sp³-hybridized carbons (Fsp3) is 1.00. The van der Waals surface area contributed by atoms with E-state index in [1.807, 2.05) is 7.05 Å². The molecule has 3 nitrogen and oxygen atoms in total. The molecule has 1 N–H and O–H groups in total. The molecule has 0 atom stereocenters. The molecule has 0 heterocycles. The van der Waals surface area contributed by atoms with Crippen LogP contribution in [0.15, 0.2) is 0 Å². The van der Waals surface area contributed by atoms with Gasteiger partial charge in [0.1, 0.15) is 0 Å². The molecule has 0 bridgehead atoms. The second kappa shape index (κ2) is 8.21. The molecule has 0 aliphatic rings. The van der Waals surface area contributed by atoms with Crippen LogP contribution in [0.1, 0.15) is 33.6 Å². The van der Waals surface area contributed by atoms with E-state index >= 15 is 0 Å². The fourth-order valence-electron chi connectivity index (χ4n) is 0.992. The maximum Gasteiger partial charge on any atom is 0.0598 e. The van der Waals surface area contributed by atoms with E-state index in [4.69, 9.17) is 9.47 Å². The van der Waals surface area contributed by atoms with Gasteiger partial charge in [0.05, 0.1) is 5.60 Å². The monoisotopic (exact) mass is 203 g/mol. The van der Waals surface area contributed by atoms with Crippen molar-refractivity contribution in [2.45, 2.75) is 39.2 Å². The minimum absolute atomic E-state index is 0.0217. The maximum absolute atomic E-state index is 5.56. The lowest BCUT2D eigenvalue weighted by atomic mass is 10.2. The van der Waals surface area contributed by atoms with E-state index in [9.17, 15) is 0 Å². The Morgan fingerprint density at radius 3 is 2.21 bits per heavy atom. The van der Waals surface area contributed by atoms with Gasteiger partial charge in [0.15, 0.2) is 0 Å². The van der Waals surface area contributed by atoms with Crippen LogP contribution < -0.4 is 5.32 Å². The van der Waals surface area contributed by atoms with Gasteiger partial charge in [0, 0.05) is 19.8 Å². The summed E-state index contributed by atoms with van der Waals surface area (Å²) in [5, 5.41) is 3.08. The van der Waals surface area contributed by atoms with Crippen molar-refractivity contribution in [1.82, 2.24) is 5.32 Å². The van der Waals surface area contributed by atoms with E-state index in [2.05, 4.69) is 26.1 Å². The molecule has 0 unspecified atom stereocenters. The van der Waals surface area contributed by atoms with E-state index in [0.29, 0.717) is 0 Å². The van der Waals surface area contributed by atoms with Gasteiger partial charge in [-0.2, -0.15) is 0 Å². The van der Waals surface area contributed by atoms with E-state index < -0.39 is 0 Å². The number of hydrogen-bond donors (Lipinski definition) is 1. The third kappa shape index (κ3) is 11.9. The van der Waals surface area contributed by atoms with E-state index in [1.165, 1.54) is 0 Å². The Morgan fingerprint density at radius 1 is 1.00 bits per heavy atom. The zero-order chi connectivity index (χ0) is 10.9. The largest absolute Gasteiger partial charge is 0.381 e. The van der Waals surface area contributed by atoms with E-state index in [-0.39, 0.29) is 5.60 Å². The van der Waals surface area contributed by atoms with Crippen LogP contribution in [0.4, 0.5) is 0 Å². The highest BCUT2D eigenvalue weighted by Gasteiger charge is 2.08. The van der Waals surface area contributed by atoms with E-state index in [0.717, 1.165) is 39.2 Å². The van der Waals surface area contributed by atoms with Crippen LogP contribution in [0, 0.1) is 0 Å². The normalized spacial score (nSPS) is 12.0. The zero-order valence-electron chi connectivity index (χ0n) is 10.1. The topological polar surface area (TPSA) is 30.5 Å². The predicted molar refractivity (Wildman–Crippen MR) is 59.7 cm³/mol. The SMILES string of the molecule is CNCCCOCCCOC(C)(C)C. The number of rotatable bonds is 8. The number of nitrogens with one attached hydrogen (secondary N) is 1. The zero-order valence-corrected chi connectivity index (χ0v) is 10.1. The molecule has 0 aliphatic heterocycles. The van der Waals surface area contributed by atoms with Gasteiger partial charge in [-0.15, -0.1) is 0 Å². The standard InChI is InChI=1S/C11H25NO2/c1-11(2,3)14-10-6-9-13-8-5-7-12-4/h12H,5-10H2,1-4H3.